The Morgan fingerprint density at radius 1 is 1.37 bits per heavy atom. The topological polar surface area (TPSA) is 44.5 Å². The molecule has 0 aliphatic rings. The Balaban J connectivity index is 2.88. The van der Waals surface area contributed by atoms with Gasteiger partial charge < -0.3 is 15.2 Å². The molecule has 0 radical (unpaired) electrons. The largest absolute Gasteiger partial charge is 0.497 e. The number of nitrogens with two attached hydrogens (primary N) is 1. The molecule has 1 aromatic carbocycles. The van der Waals surface area contributed by atoms with E-state index >= 15 is 0 Å². The highest BCUT2D eigenvalue weighted by atomic mass is 79.9. The smallest absolute Gasteiger partial charge is 0.119 e. The van der Waals surface area contributed by atoms with Gasteiger partial charge >= 0.3 is 0 Å². The van der Waals surface area contributed by atoms with Crippen LogP contribution >= 0.6 is 15.9 Å². The van der Waals surface area contributed by atoms with Gasteiger partial charge in [0.15, 0.2) is 0 Å². The van der Waals surface area contributed by atoms with Crippen molar-refractivity contribution in [2.45, 2.75) is 45.3 Å². The Labute approximate surface area is 124 Å². The molecule has 4 heteroatoms. The van der Waals surface area contributed by atoms with Crippen molar-refractivity contribution in [3.8, 4) is 5.75 Å². The molecule has 1 aromatic rings. The summed E-state index contributed by atoms with van der Waals surface area (Å²) in [6.45, 7) is 6.87. The molecule has 0 heterocycles. The van der Waals surface area contributed by atoms with Gasteiger partial charge in [0.1, 0.15) is 5.75 Å². The van der Waals surface area contributed by atoms with Crippen molar-refractivity contribution in [2.24, 2.45) is 5.73 Å². The van der Waals surface area contributed by atoms with Gasteiger partial charge in [-0.1, -0.05) is 22.9 Å². The van der Waals surface area contributed by atoms with Crippen LogP contribution in [0.25, 0.3) is 0 Å². The zero-order chi connectivity index (χ0) is 14.5. The third-order valence-corrected chi connectivity index (χ3v) is 4.43. The van der Waals surface area contributed by atoms with Crippen LogP contribution in [0.4, 0.5) is 0 Å². The number of ether oxygens (including phenoxy) is 2. The molecular formula is C15H24BrNO2. The summed E-state index contributed by atoms with van der Waals surface area (Å²) in [7, 11) is 1.67. The molecule has 0 amide bonds. The van der Waals surface area contributed by atoms with Gasteiger partial charge in [0.2, 0.25) is 0 Å². The lowest BCUT2D eigenvalue weighted by Crippen LogP contribution is -2.48. The van der Waals surface area contributed by atoms with Crippen molar-refractivity contribution in [1.82, 2.24) is 0 Å². The summed E-state index contributed by atoms with van der Waals surface area (Å²) in [5, 5.41) is 0. The summed E-state index contributed by atoms with van der Waals surface area (Å²) in [6.07, 6.45) is 1.64. The highest BCUT2D eigenvalue weighted by molar-refractivity contribution is 9.10. The maximum absolute atomic E-state index is 6.35. The van der Waals surface area contributed by atoms with Gasteiger partial charge in [-0.15, -0.1) is 0 Å². The molecule has 0 fully saturated rings. The number of halogens is 1. The fourth-order valence-corrected chi connectivity index (χ4v) is 2.50. The zero-order valence-corrected chi connectivity index (χ0v) is 13.8. The summed E-state index contributed by atoms with van der Waals surface area (Å²) >= 11 is 3.56. The van der Waals surface area contributed by atoms with Crippen LogP contribution < -0.4 is 10.5 Å². The molecule has 108 valence electrons. The monoisotopic (exact) mass is 329 g/mol. The lowest BCUT2D eigenvalue weighted by molar-refractivity contribution is -0.0461. The SMILES string of the molecule is CCOC(C)(CC)C(N)Cc1cc(OC)ccc1Br. The van der Waals surface area contributed by atoms with Gasteiger partial charge in [-0.05, 0) is 50.5 Å². The van der Waals surface area contributed by atoms with Gasteiger partial charge in [0.05, 0.1) is 12.7 Å². The first-order chi connectivity index (χ1) is 8.96. The minimum absolute atomic E-state index is 0.0548. The molecule has 3 nitrogen and oxygen atoms in total. The molecule has 2 atom stereocenters. The normalized spacial score (nSPS) is 15.9. The van der Waals surface area contributed by atoms with Crippen molar-refractivity contribution in [2.75, 3.05) is 13.7 Å². The zero-order valence-electron chi connectivity index (χ0n) is 12.2. The van der Waals surface area contributed by atoms with Crippen LogP contribution in [0.5, 0.6) is 5.75 Å². The number of hydrogen-bond donors (Lipinski definition) is 1. The fraction of sp³-hybridized carbons (Fsp3) is 0.600. The molecule has 0 saturated heterocycles. The van der Waals surface area contributed by atoms with E-state index in [1.165, 1.54) is 0 Å². The quantitative estimate of drug-likeness (QED) is 0.832. The molecule has 0 aliphatic carbocycles. The van der Waals surface area contributed by atoms with Crippen molar-refractivity contribution >= 4 is 15.9 Å². The lowest BCUT2D eigenvalue weighted by atomic mass is 9.89. The van der Waals surface area contributed by atoms with Crippen LogP contribution in [0, 0.1) is 0 Å². The van der Waals surface area contributed by atoms with Crippen LogP contribution in [0.15, 0.2) is 22.7 Å². The van der Waals surface area contributed by atoms with Crippen LogP contribution in [0.1, 0.15) is 32.8 Å². The van der Waals surface area contributed by atoms with Crippen molar-refractivity contribution in [3.63, 3.8) is 0 Å². The van der Waals surface area contributed by atoms with E-state index in [0.29, 0.717) is 6.61 Å². The van der Waals surface area contributed by atoms with Gasteiger partial charge in [-0.3, -0.25) is 0 Å². The highest BCUT2D eigenvalue weighted by Gasteiger charge is 2.30. The maximum Gasteiger partial charge on any atom is 0.119 e. The Kier molecular flexibility index (Phi) is 6.30. The summed E-state index contributed by atoms with van der Waals surface area (Å²) in [5.74, 6) is 0.847. The standard InChI is InChI=1S/C15H24BrNO2/c1-5-15(3,19-6-2)14(17)10-11-9-12(18-4)7-8-13(11)16/h7-9,14H,5-6,10,17H2,1-4H3. The molecule has 0 aromatic heterocycles. The second kappa shape index (κ2) is 7.27. The molecule has 0 spiro atoms. The van der Waals surface area contributed by atoms with Gasteiger partial charge in [0, 0.05) is 17.1 Å². The van der Waals surface area contributed by atoms with Crippen LogP contribution in [0.3, 0.4) is 0 Å². The average Bonchev–Trinajstić information content (AvgIpc) is 2.41. The van der Waals surface area contributed by atoms with E-state index in [2.05, 4.69) is 29.8 Å². The number of hydrogen-bond acceptors (Lipinski definition) is 3. The van der Waals surface area contributed by atoms with E-state index in [-0.39, 0.29) is 11.6 Å². The first-order valence-corrected chi connectivity index (χ1v) is 7.48. The van der Waals surface area contributed by atoms with E-state index in [1.54, 1.807) is 7.11 Å². The average molecular weight is 330 g/mol. The second-order valence-corrected chi connectivity index (χ2v) is 5.72. The Bertz CT molecular complexity index is 411. The Morgan fingerprint density at radius 3 is 2.58 bits per heavy atom. The molecular weight excluding hydrogens is 306 g/mol. The number of rotatable bonds is 7. The first kappa shape index (κ1) is 16.5. The van der Waals surface area contributed by atoms with Gasteiger partial charge in [-0.2, -0.15) is 0 Å². The van der Waals surface area contributed by atoms with E-state index in [4.69, 9.17) is 15.2 Å². The third kappa shape index (κ3) is 4.20. The van der Waals surface area contributed by atoms with Crippen molar-refractivity contribution < 1.29 is 9.47 Å². The molecule has 0 saturated carbocycles. The highest BCUT2D eigenvalue weighted by Crippen LogP contribution is 2.27. The van der Waals surface area contributed by atoms with Crippen molar-refractivity contribution in [3.05, 3.63) is 28.2 Å². The summed E-state index contributed by atoms with van der Waals surface area (Å²) < 4.78 is 12.1. The van der Waals surface area contributed by atoms with Crippen LogP contribution in [-0.4, -0.2) is 25.4 Å². The van der Waals surface area contributed by atoms with E-state index < -0.39 is 0 Å². The van der Waals surface area contributed by atoms with Gasteiger partial charge in [-0.25, -0.2) is 0 Å². The Hall–Kier alpha value is -0.580. The summed E-state index contributed by atoms with van der Waals surface area (Å²) in [6, 6.07) is 5.89. The number of benzene rings is 1. The van der Waals surface area contributed by atoms with Crippen molar-refractivity contribution in [1.29, 1.82) is 0 Å². The predicted molar refractivity (Wildman–Crippen MR) is 82.7 cm³/mol. The van der Waals surface area contributed by atoms with E-state index in [9.17, 15) is 0 Å². The minimum atomic E-state index is -0.294. The maximum atomic E-state index is 6.35. The predicted octanol–water partition coefficient (Wildman–Crippen LogP) is 3.53. The Morgan fingerprint density at radius 2 is 2.05 bits per heavy atom. The summed E-state index contributed by atoms with van der Waals surface area (Å²) in [5.41, 5.74) is 7.20. The number of methoxy groups -OCH3 is 1. The molecule has 2 N–H and O–H groups in total. The van der Waals surface area contributed by atoms with E-state index in [0.717, 1.165) is 28.6 Å². The molecule has 2 unspecified atom stereocenters. The lowest BCUT2D eigenvalue weighted by Gasteiger charge is -2.34. The fourth-order valence-electron chi connectivity index (χ4n) is 2.09. The molecule has 0 bridgehead atoms. The minimum Gasteiger partial charge on any atom is -0.497 e. The summed E-state index contributed by atoms with van der Waals surface area (Å²) in [4.78, 5) is 0. The third-order valence-electron chi connectivity index (χ3n) is 3.65. The van der Waals surface area contributed by atoms with Crippen LogP contribution in [0.2, 0.25) is 0 Å². The molecule has 0 aliphatic heterocycles. The van der Waals surface area contributed by atoms with Gasteiger partial charge in [0.25, 0.3) is 0 Å². The first-order valence-electron chi connectivity index (χ1n) is 6.68. The van der Waals surface area contributed by atoms with Crippen LogP contribution in [-0.2, 0) is 11.2 Å². The second-order valence-electron chi connectivity index (χ2n) is 4.87. The molecule has 19 heavy (non-hydrogen) atoms. The van der Waals surface area contributed by atoms with E-state index in [1.807, 2.05) is 25.1 Å². The molecule has 1 rings (SSSR count).